The van der Waals surface area contributed by atoms with Crippen molar-refractivity contribution >= 4 is 11.9 Å². The number of benzene rings is 1. The molecule has 1 amide bonds. The van der Waals surface area contributed by atoms with Gasteiger partial charge in [0.15, 0.2) is 0 Å². The monoisotopic (exact) mass is 236 g/mol. The van der Waals surface area contributed by atoms with Crippen LogP contribution in [0.1, 0.15) is 15.9 Å². The van der Waals surface area contributed by atoms with Crippen molar-refractivity contribution in [2.24, 2.45) is 5.73 Å². The number of carboxylic acid groups (broad SMARTS) is 1. The van der Waals surface area contributed by atoms with Crippen molar-refractivity contribution < 1.29 is 14.7 Å². The van der Waals surface area contributed by atoms with Crippen molar-refractivity contribution in [1.29, 1.82) is 0 Å². The maximum atomic E-state index is 11.7. The molecule has 1 aromatic rings. The number of hydrogen-bond donors (Lipinski definition) is 2. The number of carboxylic acids is 1. The van der Waals surface area contributed by atoms with E-state index in [1.807, 2.05) is 0 Å². The van der Waals surface area contributed by atoms with Crippen molar-refractivity contribution in [3.63, 3.8) is 0 Å². The van der Waals surface area contributed by atoms with E-state index in [-0.39, 0.29) is 12.3 Å². The summed E-state index contributed by atoms with van der Waals surface area (Å²) in [5.74, 6) is -1.16. The topological polar surface area (TPSA) is 83.6 Å². The lowest BCUT2D eigenvalue weighted by Crippen LogP contribution is -2.32. The Kier molecular flexibility index (Phi) is 4.23. The van der Waals surface area contributed by atoms with Crippen LogP contribution < -0.4 is 5.73 Å². The summed E-state index contributed by atoms with van der Waals surface area (Å²) in [6, 6.07) is 5.90. The summed E-state index contributed by atoms with van der Waals surface area (Å²) in [6.45, 7) is 0. The third-order valence-corrected chi connectivity index (χ3v) is 2.35. The van der Waals surface area contributed by atoms with Gasteiger partial charge in [-0.1, -0.05) is 12.1 Å². The highest BCUT2D eigenvalue weighted by molar-refractivity contribution is 5.94. The molecule has 0 aliphatic rings. The van der Waals surface area contributed by atoms with E-state index in [1.54, 1.807) is 38.4 Å². The molecule has 0 spiro atoms. The van der Waals surface area contributed by atoms with Gasteiger partial charge in [-0.15, -0.1) is 0 Å². The van der Waals surface area contributed by atoms with Crippen molar-refractivity contribution in [2.45, 2.75) is 12.5 Å². The van der Waals surface area contributed by atoms with Crippen molar-refractivity contribution in [2.75, 3.05) is 14.1 Å². The van der Waals surface area contributed by atoms with Crippen LogP contribution in [0.15, 0.2) is 24.3 Å². The summed E-state index contributed by atoms with van der Waals surface area (Å²) < 4.78 is 0. The Morgan fingerprint density at radius 1 is 1.41 bits per heavy atom. The number of rotatable bonds is 4. The first-order valence-electron chi connectivity index (χ1n) is 5.21. The van der Waals surface area contributed by atoms with Gasteiger partial charge in [0.05, 0.1) is 0 Å². The van der Waals surface area contributed by atoms with E-state index in [4.69, 9.17) is 10.8 Å². The van der Waals surface area contributed by atoms with E-state index < -0.39 is 12.0 Å². The molecule has 0 bridgehead atoms. The van der Waals surface area contributed by atoms with Gasteiger partial charge in [-0.25, -0.2) is 0 Å². The molecule has 0 saturated heterocycles. The van der Waals surface area contributed by atoms with Crippen LogP contribution >= 0.6 is 0 Å². The number of amides is 1. The number of carbonyl (C=O) groups is 2. The quantitative estimate of drug-likeness (QED) is 0.789. The van der Waals surface area contributed by atoms with Gasteiger partial charge in [-0.3, -0.25) is 9.59 Å². The zero-order chi connectivity index (χ0) is 13.0. The van der Waals surface area contributed by atoms with Gasteiger partial charge in [-0.2, -0.15) is 0 Å². The zero-order valence-electron chi connectivity index (χ0n) is 9.88. The molecular formula is C12H16N2O3. The summed E-state index contributed by atoms with van der Waals surface area (Å²) in [6.07, 6.45) is 0.212. The smallest absolute Gasteiger partial charge is 0.320 e. The average Bonchev–Trinajstić information content (AvgIpc) is 2.28. The highest BCUT2D eigenvalue weighted by Crippen LogP contribution is 2.09. The first-order chi connectivity index (χ1) is 7.91. The van der Waals surface area contributed by atoms with Gasteiger partial charge in [0, 0.05) is 19.7 Å². The summed E-state index contributed by atoms with van der Waals surface area (Å²) in [5, 5.41) is 8.71. The Morgan fingerprint density at radius 3 is 2.59 bits per heavy atom. The Bertz CT molecular complexity index is 430. The standard InChI is InChI=1S/C12H16N2O3/c1-14(2)11(15)9-5-3-4-8(6-9)7-10(13)12(16)17/h3-6,10H,7,13H2,1-2H3,(H,16,17)/t10-/m0/s1. The van der Waals surface area contributed by atoms with Crippen LogP contribution in [0, 0.1) is 0 Å². The molecule has 0 heterocycles. The molecule has 1 rings (SSSR count). The van der Waals surface area contributed by atoms with E-state index in [2.05, 4.69) is 0 Å². The summed E-state index contributed by atoms with van der Waals surface area (Å²) in [7, 11) is 3.33. The van der Waals surface area contributed by atoms with Crippen LogP contribution in [0.2, 0.25) is 0 Å². The van der Waals surface area contributed by atoms with Crippen molar-refractivity contribution in [3.8, 4) is 0 Å². The fourth-order valence-electron chi connectivity index (χ4n) is 1.43. The predicted molar refractivity (Wildman–Crippen MR) is 63.8 cm³/mol. The molecule has 0 unspecified atom stereocenters. The van der Waals surface area contributed by atoms with Gasteiger partial charge in [-0.05, 0) is 24.1 Å². The van der Waals surface area contributed by atoms with E-state index in [9.17, 15) is 9.59 Å². The van der Waals surface area contributed by atoms with E-state index in [1.165, 1.54) is 4.90 Å². The minimum absolute atomic E-state index is 0.115. The lowest BCUT2D eigenvalue weighted by Gasteiger charge is -2.12. The number of nitrogens with zero attached hydrogens (tertiary/aromatic N) is 1. The van der Waals surface area contributed by atoms with Crippen LogP contribution in [-0.2, 0) is 11.2 Å². The highest BCUT2D eigenvalue weighted by Gasteiger charge is 2.14. The Hall–Kier alpha value is -1.88. The molecule has 3 N–H and O–H groups in total. The number of hydrogen-bond acceptors (Lipinski definition) is 3. The Morgan fingerprint density at radius 2 is 2.06 bits per heavy atom. The number of nitrogens with two attached hydrogens (primary N) is 1. The molecule has 5 heteroatoms. The molecule has 92 valence electrons. The first kappa shape index (κ1) is 13.2. The van der Waals surface area contributed by atoms with Crippen molar-refractivity contribution in [1.82, 2.24) is 4.90 Å². The molecular weight excluding hydrogens is 220 g/mol. The summed E-state index contributed by atoms with van der Waals surface area (Å²) in [4.78, 5) is 23.8. The van der Waals surface area contributed by atoms with Crippen molar-refractivity contribution in [3.05, 3.63) is 35.4 Å². The molecule has 0 aromatic heterocycles. The third kappa shape index (κ3) is 3.57. The second-order valence-corrected chi connectivity index (χ2v) is 4.05. The third-order valence-electron chi connectivity index (χ3n) is 2.35. The number of aliphatic carboxylic acids is 1. The highest BCUT2D eigenvalue weighted by atomic mass is 16.4. The lowest BCUT2D eigenvalue weighted by molar-refractivity contribution is -0.138. The minimum Gasteiger partial charge on any atom is -0.480 e. The molecule has 1 atom stereocenters. The second-order valence-electron chi connectivity index (χ2n) is 4.05. The fourth-order valence-corrected chi connectivity index (χ4v) is 1.43. The fraction of sp³-hybridized carbons (Fsp3) is 0.333. The molecule has 5 nitrogen and oxygen atoms in total. The van der Waals surface area contributed by atoms with Gasteiger partial charge in [0.1, 0.15) is 6.04 Å². The van der Waals surface area contributed by atoms with Crippen LogP contribution in [-0.4, -0.2) is 42.0 Å². The maximum absolute atomic E-state index is 11.7. The minimum atomic E-state index is -1.05. The molecule has 0 saturated carbocycles. The lowest BCUT2D eigenvalue weighted by atomic mass is 10.0. The zero-order valence-corrected chi connectivity index (χ0v) is 9.88. The van der Waals surface area contributed by atoms with Gasteiger partial charge < -0.3 is 15.7 Å². The molecule has 1 aromatic carbocycles. The van der Waals surface area contributed by atoms with Gasteiger partial charge in [0.25, 0.3) is 5.91 Å². The van der Waals surface area contributed by atoms with E-state index in [0.717, 1.165) is 5.56 Å². The van der Waals surface area contributed by atoms with Crippen LogP contribution in [0.5, 0.6) is 0 Å². The first-order valence-corrected chi connectivity index (χ1v) is 5.21. The summed E-state index contributed by atoms with van der Waals surface area (Å²) >= 11 is 0. The largest absolute Gasteiger partial charge is 0.480 e. The van der Waals surface area contributed by atoms with Crippen LogP contribution in [0.4, 0.5) is 0 Å². The van der Waals surface area contributed by atoms with Gasteiger partial charge >= 0.3 is 5.97 Å². The Balaban J connectivity index is 2.86. The molecule has 0 fully saturated rings. The maximum Gasteiger partial charge on any atom is 0.320 e. The van der Waals surface area contributed by atoms with Gasteiger partial charge in [0.2, 0.25) is 0 Å². The molecule has 17 heavy (non-hydrogen) atoms. The number of carbonyl (C=O) groups excluding carboxylic acids is 1. The van der Waals surface area contributed by atoms with Crippen LogP contribution in [0.25, 0.3) is 0 Å². The predicted octanol–water partition coefficient (Wildman–Crippen LogP) is 0.343. The van der Waals surface area contributed by atoms with E-state index in [0.29, 0.717) is 5.56 Å². The molecule has 0 aliphatic carbocycles. The average molecular weight is 236 g/mol. The molecule has 0 aliphatic heterocycles. The Labute approximate surface area is 99.8 Å². The van der Waals surface area contributed by atoms with Crippen LogP contribution in [0.3, 0.4) is 0 Å². The molecule has 0 radical (unpaired) electrons. The normalized spacial score (nSPS) is 11.9. The van der Waals surface area contributed by atoms with E-state index >= 15 is 0 Å². The SMILES string of the molecule is CN(C)C(=O)c1cccc(C[C@H](N)C(=O)O)c1. The summed E-state index contributed by atoms with van der Waals surface area (Å²) in [5.41, 5.74) is 6.72. The second kappa shape index (κ2) is 5.45.